The number of carbonyl (C=O) groups is 1. The minimum absolute atomic E-state index is 0.166. The van der Waals surface area contributed by atoms with Crippen LogP contribution in [0, 0.1) is 18.6 Å². The molecule has 1 N–H and O–H groups in total. The van der Waals surface area contributed by atoms with Gasteiger partial charge in [0, 0.05) is 22.7 Å². The zero-order valence-corrected chi connectivity index (χ0v) is 13.7. The van der Waals surface area contributed by atoms with Gasteiger partial charge in [-0.15, -0.1) is 11.3 Å². The van der Waals surface area contributed by atoms with Crippen LogP contribution in [0.5, 0.6) is 0 Å². The number of thiazole rings is 1. The van der Waals surface area contributed by atoms with Gasteiger partial charge >= 0.3 is 0 Å². The fourth-order valence-electron chi connectivity index (χ4n) is 2.14. The number of aryl methyl sites for hydroxylation is 1. The first-order valence-electron chi connectivity index (χ1n) is 6.90. The third kappa shape index (κ3) is 3.32. The Morgan fingerprint density at radius 3 is 2.59 bits per heavy atom. The fourth-order valence-corrected chi connectivity index (χ4v) is 2.93. The lowest BCUT2D eigenvalue weighted by Crippen LogP contribution is -2.41. The molecule has 0 saturated carbocycles. The maximum atomic E-state index is 13.9. The SMILES string of the molecule is Cc1ncc(C(C)NC(=O)C(C)(C)c2ccc(F)cc2F)s1. The molecule has 0 fully saturated rings. The number of rotatable bonds is 4. The average molecular weight is 324 g/mol. The van der Waals surface area contributed by atoms with Crippen LogP contribution in [0.3, 0.4) is 0 Å². The van der Waals surface area contributed by atoms with Crippen molar-refractivity contribution in [3.63, 3.8) is 0 Å². The minimum atomic E-state index is -1.11. The highest BCUT2D eigenvalue weighted by Gasteiger charge is 2.33. The molecule has 1 atom stereocenters. The first-order chi connectivity index (χ1) is 10.2. The van der Waals surface area contributed by atoms with E-state index in [-0.39, 0.29) is 17.5 Å². The Morgan fingerprint density at radius 2 is 2.05 bits per heavy atom. The number of amides is 1. The van der Waals surface area contributed by atoms with Crippen molar-refractivity contribution < 1.29 is 13.6 Å². The van der Waals surface area contributed by atoms with Crippen LogP contribution in [-0.4, -0.2) is 10.9 Å². The minimum Gasteiger partial charge on any atom is -0.348 e. The Kier molecular flexibility index (Phi) is 4.60. The molecule has 2 rings (SSSR count). The molecular formula is C16H18F2N2OS. The van der Waals surface area contributed by atoms with E-state index in [1.54, 1.807) is 20.0 Å². The summed E-state index contributed by atoms with van der Waals surface area (Å²) in [6.45, 7) is 6.97. The third-order valence-electron chi connectivity index (χ3n) is 3.59. The van der Waals surface area contributed by atoms with Crippen LogP contribution in [0.4, 0.5) is 8.78 Å². The summed E-state index contributed by atoms with van der Waals surface area (Å²) < 4.78 is 27.0. The molecule has 1 heterocycles. The summed E-state index contributed by atoms with van der Waals surface area (Å²) in [6, 6.07) is 3.04. The molecule has 0 radical (unpaired) electrons. The van der Waals surface area contributed by atoms with E-state index in [9.17, 15) is 13.6 Å². The molecule has 22 heavy (non-hydrogen) atoms. The predicted octanol–water partition coefficient (Wildman–Crippen LogP) is 3.88. The molecule has 1 aromatic heterocycles. The predicted molar refractivity (Wildman–Crippen MR) is 82.8 cm³/mol. The van der Waals surface area contributed by atoms with E-state index in [4.69, 9.17) is 0 Å². The average Bonchev–Trinajstić information content (AvgIpc) is 2.84. The Balaban J connectivity index is 2.19. The van der Waals surface area contributed by atoms with Crippen LogP contribution in [0.2, 0.25) is 0 Å². The number of nitrogens with one attached hydrogen (secondary N) is 1. The largest absolute Gasteiger partial charge is 0.348 e. The zero-order valence-electron chi connectivity index (χ0n) is 12.9. The molecule has 0 aliphatic rings. The van der Waals surface area contributed by atoms with Gasteiger partial charge in [-0.3, -0.25) is 4.79 Å². The molecule has 1 amide bonds. The number of hydrogen-bond acceptors (Lipinski definition) is 3. The smallest absolute Gasteiger partial charge is 0.230 e. The number of benzene rings is 1. The van der Waals surface area contributed by atoms with Crippen LogP contribution in [0.15, 0.2) is 24.4 Å². The van der Waals surface area contributed by atoms with Gasteiger partial charge in [0.05, 0.1) is 16.5 Å². The van der Waals surface area contributed by atoms with Crippen LogP contribution in [0.1, 0.15) is 42.3 Å². The standard InChI is InChI=1S/C16H18F2N2OS/c1-9(14-8-19-10(2)22-14)20-15(21)16(3,4)12-6-5-11(17)7-13(12)18/h5-9H,1-4H3,(H,20,21). The van der Waals surface area contributed by atoms with Crippen molar-refractivity contribution >= 4 is 17.2 Å². The van der Waals surface area contributed by atoms with Gasteiger partial charge in [-0.05, 0) is 33.8 Å². The number of nitrogens with zero attached hydrogens (tertiary/aromatic N) is 1. The van der Waals surface area contributed by atoms with Gasteiger partial charge in [0.15, 0.2) is 0 Å². The second-order valence-electron chi connectivity index (χ2n) is 5.73. The normalized spacial score (nSPS) is 13.0. The van der Waals surface area contributed by atoms with Gasteiger partial charge in [-0.2, -0.15) is 0 Å². The molecule has 2 aromatic rings. The van der Waals surface area contributed by atoms with Gasteiger partial charge in [0.1, 0.15) is 11.6 Å². The number of hydrogen-bond donors (Lipinski definition) is 1. The molecule has 0 saturated heterocycles. The molecule has 0 spiro atoms. The van der Waals surface area contributed by atoms with Gasteiger partial charge in [0.2, 0.25) is 5.91 Å². The molecule has 3 nitrogen and oxygen atoms in total. The second kappa shape index (κ2) is 6.12. The molecule has 0 aliphatic carbocycles. The maximum Gasteiger partial charge on any atom is 0.230 e. The van der Waals surface area contributed by atoms with Gasteiger partial charge in [-0.1, -0.05) is 6.07 Å². The Hall–Kier alpha value is -1.82. The van der Waals surface area contributed by atoms with Crippen molar-refractivity contribution in [2.75, 3.05) is 0 Å². The van der Waals surface area contributed by atoms with E-state index >= 15 is 0 Å². The van der Waals surface area contributed by atoms with Crippen molar-refractivity contribution in [2.24, 2.45) is 0 Å². The molecule has 1 aromatic carbocycles. The van der Waals surface area contributed by atoms with Crippen molar-refractivity contribution in [2.45, 2.75) is 39.2 Å². The third-order valence-corrected chi connectivity index (χ3v) is 4.68. The number of halogens is 2. The topological polar surface area (TPSA) is 42.0 Å². The molecule has 0 bridgehead atoms. The summed E-state index contributed by atoms with van der Waals surface area (Å²) in [5.41, 5.74) is -0.940. The highest BCUT2D eigenvalue weighted by molar-refractivity contribution is 7.11. The molecular weight excluding hydrogens is 306 g/mol. The lowest BCUT2D eigenvalue weighted by Gasteiger charge is -2.26. The summed E-state index contributed by atoms with van der Waals surface area (Å²) in [4.78, 5) is 17.6. The highest BCUT2D eigenvalue weighted by atomic mass is 32.1. The maximum absolute atomic E-state index is 13.9. The van der Waals surface area contributed by atoms with E-state index in [0.717, 1.165) is 22.0 Å². The molecule has 118 valence electrons. The summed E-state index contributed by atoms with van der Waals surface area (Å²) in [6.07, 6.45) is 1.72. The van der Waals surface area contributed by atoms with Crippen molar-refractivity contribution in [3.8, 4) is 0 Å². The summed E-state index contributed by atoms with van der Waals surface area (Å²) in [7, 11) is 0. The van der Waals surface area contributed by atoms with Gasteiger partial charge < -0.3 is 5.32 Å². The van der Waals surface area contributed by atoms with Gasteiger partial charge in [0.25, 0.3) is 0 Å². The fraction of sp³-hybridized carbons (Fsp3) is 0.375. The van der Waals surface area contributed by atoms with Crippen LogP contribution in [-0.2, 0) is 10.2 Å². The Labute approximate surface area is 132 Å². The van der Waals surface area contributed by atoms with E-state index in [1.807, 2.05) is 13.8 Å². The van der Waals surface area contributed by atoms with E-state index in [1.165, 1.54) is 17.4 Å². The molecule has 1 unspecified atom stereocenters. The van der Waals surface area contributed by atoms with Crippen LogP contribution in [0.25, 0.3) is 0 Å². The van der Waals surface area contributed by atoms with Crippen molar-refractivity contribution in [3.05, 3.63) is 51.5 Å². The number of carbonyl (C=O) groups excluding carboxylic acids is 1. The first-order valence-corrected chi connectivity index (χ1v) is 7.72. The van der Waals surface area contributed by atoms with E-state index in [0.29, 0.717) is 0 Å². The van der Waals surface area contributed by atoms with Crippen molar-refractivity contribution in [1.29, 1.82) is 0 Å². The Bertz CT molecular complexity index is 697. The van der Waals surface area contributed by atoms with E-state index < -0.39 is 17.0 Å². The lowest BCUT2D eigenvalue weighted by molar-refractivity contribution is -0.126. The summed E-state index contributed by atoms with van der Waals surface area (Å²) in [5, 5.41) is 3.78. The monoisotopic (exact) mass is 324 g/mol. The Morgan fingerprint density at radius 1 is 1.36 bits per heavy atom. The summed E-state index contributed by atoms with van der Waals surface area (Å²) in [5.74, 6) is -1.70. The second-order valence-corrected chi connectivity index (χ2v) is 6.99. The quantitative estimate of drug-likeness (QED) is 0.927. The first kappa shape index (κ1) is 16.5. The molecule has 6 heteroatoms. The molecule has 0 aliphatic heterocycles. The number of aromatic nitrogens is 1. The zero-order chi connectivity index (χ0) is 16.5. The van der Waals surface area contributed by atoms with Crippen molar-refractivity contribution in [1.82, 2.24) is 10.3 Å². The van der Waals surface area contributed by atoms with Gasteiger partial charge in [-0.25, -0.2) is 13.8 Å². The van der Waals surface area contributed by atoms with E-state index in [2.05, 4.69) is 10.3 Å². The lowest BCUT2D eigenvalue weighted by atomic mass is 9.83. The summed E-state index contributed by atoms with van der Waals surface area (Å²) >= 11 is 1.50. The van der Waals surface area contributed by atoms with Crippen LogP contribution < -0.4 is 5.32 Å². The van der Waals surface area contributed by atoms with Crippen LogP contribution >= 0.6 is 11.3 Å². The highest BCUT2D eigenvalue weighted by Crippen LogP contribution is 2.28.